The Morgan fingerprint density at radius 3 is 2.64 bits per heavy atom. The Morgan fingerprint density at radius 1 is 1.32 bits per heavy atom. The summed E-state index contributed by atoms with van der Waals surface area (Å²) in [5.41, 5.74) is 1.74. The number of carbonyl (C=O) groups is 1. The molecule has 0 unspecified atom stereocenters. The molecule has 1 fully saturated rings. The van der Waals surface area contributed by atoms with Crippen LogP contribution in [-0.2, 0) is 17.9 Å². The number of likely N-dealkylation sites (tertiary alicyclic amines) is 1. The highest BCUT2D eigenvalue weighted by Crippen LogP contribution is 2.38. The van der Waals surface area contributed by atoms with Crippen molar-refractivity contribution in [1.82, 2.24) is 14.5 Å². The van der Waals surface area contributed by atoms with Gasteiger partial charge in [-0.05, 0) is 18.6 Å². The summed E-state index contributed by atoms with van der Waals surface area (Å²) in [6.45, 7) is 2.53. The third-order valence-corrected chi connectivity index (χ3v) is 4.68. The Hall–Kier alpha value is -2.09. The predicted octanol–water partition coefficient (Wildman–Crippen LogP) is 3.14. The molecule has 1 aliphatic heterocycles. The van der Waals surface area contributed by atoms with Gasteiger partial charge in [0.1, 0.15) is 5.82 Å². The Morgan fingerprint density at radius 2 is 2.04 bits per heavy atom. The second-order valence-corrected chi connectivity index (χ2v) is 6.46. The highest BCUT2D eigenvalue weighted by Gasteiger charge is 2.52. The molecule has 0 aliphatic carbocycles. The van der Waals surface area contributed by atoms with Crippen LogP contribution in [0.15, 0.2) is 24.3 Å². The molecule has 0 saturated carbocycles. The minimum absolute atomic E-state index is 0.116. The molecule has 2 heterocycles. The lowest BCUT2D eigenvalue weighted by molar-refractivity contribution is -0.188. The number of para-hydroxylation sites is 2. The number of hydrogen-bond donors (Lipinski definition) is 1. The van der Waals surface area contributed by atoms with Crippen molar-refractivity contribution < 1.29 is 23.1 Å². The number of imidazole rings is 1. The second kappa shape index (κ2) is 6.67. The van der Waals surface area contributed by atoms with E-state index in [9.17, 15) is 18.0 Å². The molecular formula is C17H20F3N3O2. The zero-order valence-corrected chi connectivity index (χ0v) is 13.8. The Balaban J connectivity index is 1.86. The summed E-state index contributed by atoms with van der Waals surface area (Å²) in [5, 5.41) is 9.14. The molecule has 0 spiro atoms. The summed E-state index contributed by atoms with van der Waals surface area (Å²) in [6.07, 6.45) is -3.64. The maximum absolute atomic E-state index is 13.1. The lowest BCUT2D eigenvalue weighted by Crippen LogP contribution is -2.33. The van der Waals surface area contributed by atoms with Crippen LogP contribution in [0.1, 0.15) is 19.2 Å². The van der Waals surface area contributed by atoms with E-state index in [-0.39, 0.29) is 19.6 Å². The van der Waals surface area contributed by atoms with Crippen LogP contribution in [0.25, 0.3) is 11.0 Å². The van der Waals surface area contributed by atoms with E-state index in [2.05, 4.69) is 4.98 Å². The van der Waals surface area contributed by atoms with Crippen molar-refractivity contribution in [2.45, 2.75) is 32.6 Å². The molecule has 0 radical (unpaired) electrons. The molecule has 2 atom stereocenters. The maximum Gasteiger partial charge on any atom is 0.393 e. The van der Waals surface area contributed by atoms with Crippen LogP contribution in [0.4, 0.5) is 13.2 Å². The highest BCUT2D eigenvalue weighted by molar-refractivity contribution is 5.76. The van der Waals surface area contributed by atoms with E-state index in [0.29, 0.717) is 5.82 Å². The van der Waals surface area contributed by atoms with E-state index in [1.54, 1.807) is 4.90 Å². The monoisotopic (exact) mass is 355 g/mol. The van der Waals surface area contributed by atoms with Crippen LogP contribution in [-0.4, -0.2) is 44.8 Å². The van der Waals surface area contributed by atoms with Crippen LogP contribution in [0, 0.1) is 11.8 Å². The van der Waals surface area contributed by atoms with Gasteiger partial charge >= 0.3 is 12.1 Å². The van der Waals surface area contributed by atoms with Crippen LogP contribution in [0.3, 0.4) is 0 Å². The van der Waals surface area contributed by atoms with Gasteiger partial charge in [-0.15, -0.1) is 0 Å². The van der Waals surface area contributed by atoms with Crippen molar-refractivity contribution >= 4 is 17.0 Å². The van der Waals surface area contributed by atoms with Gasteiger partial charge in [-0.1, -0.05) is 19.1 Å². The number of aliphatic carboxylic acids is 1. The largest absolute Gasteiger partial charge is 0.481 e. The van der Waals surface area contributed by atoms with Crippen molar-refractivity contribution in [2.24, 2.45) is 11.8 Å². The topological polar surface area (TPSA) is 58.4 Å². The van der Waals surface area contributed by atoms with Gasteiger partial charge in [0.25, 0.3) is 0 Å². The summed E-state index contributed by atoms with van der Waals surface area (Å²) in [7, 11) is 0. The van der Waals surface area contributed by atoms with Gasteiger partial charge in [-0.25, -0.2) is 4.98 Å². The van der Waals surface area contributed by atoms with Gasteiger partial charge in [0.2, 0.25) is 0 Å². The summed E-state index contributed by atoms with van der Waals surface area (Å²) in [4.78, 5) is 17.3. The minimum Gasteiger partial charge on any atom is -0.481 e. The molecule has 25 heavy (non-hydrogen) atoms. The van der Waals surface area contributed by atoms with Crippen molar-refractivity contribution in [3.8, 4) is 0 Å². The normalized spacial score (nSPS) is 21.9. The van der Waals surface area contributed by atoms with E-state index in [4.69, 9.17) is 5.11 Å². The number of fused-ring (bicyclic) bond motifs is 1. The smallest absolute Gasteiger partial charge is 0.393 e. The molecule has 1 saturated heterocycles. The van der Waals surface area contributed by atoms with E-state index in [0.717, 1.165) is 24.0 Å². The van der Waals surface area contributed by atoms with E-state index >= 15 is 0 Å². The molecule has 0 bridgehead atoms. The third kappa shape index (κ3) is 3.49. The molecule has 1 aliphatic rings. The van der Waals surface area contributed by atoms with Crippen LogP contribution < -0.4 is 0 Å². The number of aromatic nitrogens is 2. The average Bonchev–Trinajstić information content (AvgIpc) is 3.10. The van der Waals surface area contributed by atoms with E-state index < -0.39 is 24.0 Å². The van der Waals surface area contributed by atoms with Gasteiger partial charge < -0.3 is 9.67 Å². The van der Waals surface area contributed by atoms with Gasteiger partial charge in [-0.3, -0.25) is 9.69 Å². The van der Waals surface area contributed by atoms with E-state index in [1.165, 1.54) is 0 Å². The Bertz CT molecular complexity index is 772. The number of carboxylic acid groups (broad SMARTS) is 1. The Labute approximate surface area is 143 Å². The minimum atomic E-state index is -4.51. The quantitative estimate of drug-likeness (QED) is 0.895. The fourth-order valence-corrected chi connectivity index (χ4v) is 3.52. The van der Waals surface area contributed by atoms with Crippen molar-refractivity contribution in [3.63, 3.8) is 0 Å². The molecule has 8 heteroatoms. The van der Waals surface area contributed by atoms with Crippen LogP contribution in [0.2, 0.25) is 0 Å². The fourth-order valence-electron chi connectivity index (χ4n) is 3.52. The van der Waals surface area contributed by atoms with Crippen molar-refractivity contribution in [2.75, 3.05) is 13.1 Å². The summed E-state index contributed by atoms with van der Waals surface area (Å²) >= 11 is 0. The third-order valence-electron chi connectivity index (χ3n) is 4.68. The maximum atomic E-state index is 13.1. The van der Waals surface area contributed by atoms with Gasteiger partial charge in [0.05, 0.1) is 29.4 Å². The van der Waals surface area contributed by atoms with Crippen LogP contribution >= 0.6 is 0 Å². The number of rotatable bonds is 5. The number of halogens is 3. The first-order valence-electron chi connectivity index (χ1n) is 8.27. The molecule has 5 nitrogen and oxygen atoms in total. The van der Waals surface area contributed by atoms with Gasteiger partial charge in [-0.2, -0.15) is 13.2 Å². The SMILES string of the molecule is CCCn1c(CN2C[C@@H](C(F)(F)F)[C@H](C(=O)O)C2)nc2ccccc21. The van der Waals surface area contributed by atoms with Crippen molar-refractivity contribution in [1.29, 1.82) is 0 Å². The average molecular weight is 355 g/mol. The standard InChI is InChI=1S/C17H20F3N3O2/c1-2-7-23-14-6-4-3-5-13(14)21-15(23)10-22-8-11(16(24)25)12(9-22)17(18,19)20/h3-6,11-12H,2,7-10H2,1H3,(H,24,25)/t11-,12-/m1/s1. The highest BCUT2D eigenvalue weighted by atomic mass is 19.4. The fraction of sp³-hybridized carbons (Fsp3) is 0.529. The van der Waals surface area contributed by atoms with Gasteiger partial charge in [0.15, 0.2) is 0 Å². The number of carboxylic acids is 1. The number of nitrogens with zero attached hydrogens (tertiary/aromatic N) is 3. The number of aryl methyl sites for hydroxylation is 1. The number of alkyl halides is 3. The van der Waals surface area contributed by atoms with Crippen LogP contribution in [0.5, 0.6) is 0 Å². The summed E-state index contributed by atoms with van der Waals surface area (Å²) in [5.74, 6) is -3.99. The first kappa shape index (κ1) is 17.7. The van der Waals surface area contributed by atoms with Crippen molar-refractivity contribution in [3.05, 3.63) is 30.1 Å². The first-order chi connectivity index (χ1) is 11.8. The molecule has 3 rings (SSSR count). The summed E-state index contributed by atoms with van der Waals surface area (Å²) < 4.78 is 41.4. The second-order valence-electron chi connectivity index (χ2n) is 6.46. The zero-order chi connectivity index (χ0) is 18.2. The molecule has 2 aromatic rings. The predicted molar refractivity (Wildman–Crippen MR) is 86.0 cm³/mol. The molecule has 0 amide bonds. The molecule has 1 aromatic heterocycles. The lowest BCUT2D eigenvalue weighted by Gasteiger charge is -2.18. The zero-order valence-electron chi connectivity index (χ0n) is 13.8. The molecule has 1 aromatic carbocycles. The summed E-state index contributed by atoms with van der Waals surface area (Å²) in [6, 6.07) is 7.57. The molecule has 1 N–H and O–H groups in total. The Kier molecular flexibility index (Phi) is 4.73. The van der Waals surface area contributed by atoms with Gasteiger partial charge in [0, 0.05) is 19.6 Å². The van der Waals surface area contributed by atoms with E-state index in [1.807, 2.05) is 35.8 Å². The number of hydrogen-bond acceptors (Lipinski definition) is 3. The molecule has 136 valence electrons. The molecular weight excluding hydrogens is 335 g/mol. The number of benzene rings is 1. The first-order valence-corrected chi connectivity index (χ1v) is 8.27. The lowest BCUT2D eigenvalue weighted by atomic mass is 9.96.